The first-order valence-electron chi connectivity index (χ1n) is 6.46. The molecular weight excluding hydrogens is 291 g/mol. The van der Waals surface area contributed by atoms with Gasteiger partial charge in [0.05, 0.1) is 0 Å². The average Bonchev–Trinajstić information content (AvgIpc) is 2.47. The van der Waals surface area contributed by atoms with E-state index in [1.807, 2.05) is 31.2 Å². The summed E-state index contributed by atoms with van der Waals surface area (Å²) in [7, 11) is -3.91. The number of halogens is 1. The van der Waals surface area contributed by atoms with Crippen molar-refractivity contribution < 1.29 is 12.8 Å². The zero-order chi connectivity index (χ0) is 15.5. The largest absolute Gasteiger partial charge is 0.326 e. The smallest absolute Gasteiger partial charge is 0.243 e. The minimum absolute atomic E-state index is 0.106. The summed E-state index contributed by atoms with van der Waals surface area (Å²) in [4.78, 5) is -0.377. The molecule has 0 aromatic heterocycles. The van der Waals surface area contributed by atoms with Gasteiger partial charge in [-0.15, -0.1) is 0 Å². The van der Waals surface area contributed by atoms with Crippen molar-refractivity contribution in [2.24, 2.45) is 5.73 Å². The fourth-order valence-corrected chi connectivity index (χ4v) is 2.99. The van der Waals surface area contributed by atoms with E-state index in [0.717, 1.165) is 17.2 Å². The van der Waals surface area contributed by atoms with Gasteiger partial charge in [0.15, 0.2) is 0 Å². The van der Waals surface area contributed by atoms with Gasteiger partial charge in [0, 0.05) is 13.1 Å². The molecule has 0 unspecified atom stereocenters. The van der Waals surface area contributed by atoms with Crippen LogP contribution in [-0.4, -0.2) is 8.42 Å². The van der Waals surface area contributed by atoms with Crippen LogP contribution in [-0.2, 0) is 23.1 Å². The molecule has 0 aliphatic heterocycles. The maximum Gasteiger partial charge on any atom is 0.243 e. The first-order valence-corrected chi connectivity index (χ1v) is 7.94. The van der Waals surface area contributed by atoms with Crippen LogP contribution in [0.4, 0.5) is 4.39 Å². The molecule has 2 aromatic rings. The number of sulfonamides is 1. The number of nitrogens with two attached hydrogens (primary N) is 1. The van der Waals surface area contributed by atoms with Gasteiger partial charge in [-0.25, -0.2) is 17.5 Å². The summed E-state index contributed by atoms with van der Waals surface area (Å²) in [6, 6.07) is 11.3. The van der Waals surface area contributed by atoms with Crippen LogP contribution in [0.1, 0.15) is 16.7 Å². The Morgan fingerprint density at radius 1 is 1.10 bits per heavy atom. The summed E-state index contributed by atoms with van der Waals surface area (Å²) in [6.07, 6.45) is 0. The zero-order valence-electron chi connectivity index (χ0n) is 11.6. The van der Waals surface area contributed by atoms with Crippen molar-refractivity contribution in [1.29, 1.82) is 0 Å². The second kappa shape index (κ2) is 6.34. The lowest BCUT2D eigenvalue weighted by Gasteiger charge is -2.09. The highest BCUT2D eigenvalue weighted by Crippen LogP contribution is 2.16. The van der Waals surface area contributed by atoms with Crippen LogP contribution in [0, 0.1) is 12.7 Å². The first-order chi connectivity index (χ1) is 9.92. The summed E-state index contributed by atoms with van der Waals surface area (Å²) in [5.41, 5.74) is 7.91. The Labute approximate surface area is 123 Å². The number of hydrogen-bond donors (Lipinski definition) is 2. The third kappa shape index (κ3) is 3.87. The third-order valence-electron chi connectivity index (χ3n) is 3.11. The molecule has 0 fully saturated rings. The molecule has 0 radical (unpaired) electrons. The van der Waals surface area contributed by atoms with E-state index in [1.165, 1.54) is 12.1 Å². The highest BCUT2D eigenvalue weighted by atomic mass is 32.2. The summed E-state index contributed by atoms with van der Waals surface area (Å²) in [6.45, 7) is 2.21. The summed E-state index contributed by atoms with van der Waals surface area (Å²) in [5.74, 6) is -0.788. The molecule has 0 amide bonds. The highest BCUT2D eigenvalue weighted by Gasteiger charge is 2.19. The van der Waals surface area contributed by atoms with Crippen molar-refractivity contribution >= 4 is 10.0 Å². The molecule has 6 heteroatoms. The van der Waals surface area contributed by atoms with Gasteiger partial charge in [0.1, 0.15) is 10.7 Å². The van der Waals surface area contributed by atoms with Gasteiger partial charge in [0.25, 0.3) is 0 Å². The average molecular weight is 308 g/mol. The quantitative estimate of drug-likeness (QED) is 0.888. The monoisotopic (exact) mass is 308 g/mol. The molecule has 0 atom stereocenters. The van der Waals surface area contributed by atoms with Crippen LogP contribution in [0.3, 0.4) is 0 Å². The topological polar surface area (TPSA) is 72.2 Å². The molecule has 0 aliphatic rings. The van der Waals surface area contributed by atoms with Crippen LogP contribution in [0.5, 0.6) is 0 Å². The van der Waals surface area contributed by atoms with Gasteiger partial charge in [-0.1, -0.05) is 35.9 Å². The molecule has 4 nitrogen and oxygen atoms in total. The van der Waals surface area contributed by atoms with Crippen LogP contribution in [0.15, 0.2) is 47.4 Å². The van der Waals surface area contributed by atoms with Crippen LogP contribution in [0.2, 0.25) is 0 Å². The predicted octanol–water partition coefficient (Wildman–Crippen LogP) is 2.07. The van der Waals surface area contributed by atoms with E-state index >= 15 is 0 Å². The van der Waals surface area contributed by atoms with Crippen molar-refractivity contribution in [3.63, 3.8) is 0 Å². The van der Waals surface area contributed by atoms with Gasteiger partial charge in [-0.3, -0.25) is 0 Å². The first kappa shape index (κ1) is 15.6. The van der Waals surface area contributed by atoms with E-state index in [9.17, 15) is 12.8 Å². The Morgan fingerprint density at radius 2 is 1.71 bits per heavy atom. The second-order valence-corrected chi connectivity index (χ2v) is 6.51. The maximum absolute atomic E-state index is 13.7. The van der Waals surface area contributed by atoms with Crippen molar-refractivity contribution in [1.82, 2.24) is 4.72 Å². The van der Waals surface area contributed by atoms with Crippen LogP contribution < -0.4 is 10.5 Å². The van der Waals surface area contributed by atoms with E-state index in [2.05, 4.69) is 4.72 Å². The standard InChI is InChI=1S/C15H17FN2O2S/c1-11-2-4-12(5-3-11)10-18-21(19,20)15-8-13(9-17)6-7-14(15)16/h2-8,18H,9-10,17H2,1H3. The van der Waals surface area contributed by atoms with E-state index < -0.39 is 15.8 Å². The molecule has 0 spiro atoms. The van der Waals surface area contributed by atoms with E-state index in [4.69, 9.17) is 5.73 Å². The Morgan fingerprint density at radius 3 is 2.33 bits per heavy atom. The fourth-order valence-electron chi connectivity index (χ4n) is 1.84. The normalized spacial score (nSPS) is 11.6. The molecule has 0 heterocycles. The minimum atomic E-state index is -3.91. The van der Waals surface area contributed by atoms with Crippen molar-refractivity contribution in [3.05, 3.63) is 65.0 Å². The van der Waals surface area contributed by atoms with E-state index in [-0.39, 0.29) is 18.0 Å². The molecule has 0 aliphatic carbocycles. The molecule has 21 heavy (non-hydrogen) atoms. The molecule has 0 bridgehead atoms. The molecule has 0 saturated carbocycles. The van der Waals surface area contributed by atoms with Gasteiger partial charge in [0.2, 0.25) is 10.0 Å². The van der Waals surface area contributed by atoms with E-state index in [1.54, 1.807) is 0 Å². The van der Waals surface area contributed by atoms with Crippen molar-refractivity contribution in [2.75, 3.05) is 0 Å². The van der Waals surface area contributed by atoms with Crippen molar-refractivity contribution in [2.45, 2.75) is 24.9 Å². The van der Waals surface area contributed by atoms with Gasteiger partial charge >= 0.3 is 0 Å². The maximum atomic E-state index is 13.7. The molecule has 112 valence electrons. The number of rotatable bonds is 5. The second-order valence-electron chi connectivity index (χ2n) is 4.78. The molecular formula is C15H17FN2O2S. The SMILES string of the molecule is Cc1ccc(CNS(=O)(=O)c2cc(CN)ccc2F)cc1. The lowest BCUT2D eigenvalue weighted by Crippen LogP contribution is -2.24. The van der Waals surface area contributed by atoms with Crippen LogP contribution >= 0.6 is 0 Å². The van der Waals surface area contributed by atoms with Gasteiger partial charge in [-0.2, -0.15) is 0 Å². The molecule has 2 rings (SSSR count). The summed E-state index contributed by atoms with van der Waals surface area (Å²) < 4.78 is 40.5. The minimum Gasteiger partial charge on any atom is -0.326 e. The van der Waals surface area contributed by atoms with Gasteiger partial charge < -0.3 is 5.73 Å². The molecule has 2 aromatic carbocycles. The lowest BCUT2D eigenvalue weighted by molar-refractivity contribution is 0.556. The summed E-state index contributed by atoms with van der Waals surface area (Å²) >= 11 is 0. The third-order valence-corrected chi connectivity index (χ3v) is 4.52. The van der Waals surface area contributed by atoms with Gasteiger partial charge in [-0.05, 0) is 30.2 Å². The number of aryl methyl sites for hydroxylation is 1. The summed E-state index contributed by atoms with van der Waals surface area (Å²) in [5, 5.41) is 0. The highest BCUT2D eigenvalue weighted by molar-refractivity contribution is 7.89. The molecule has 0 saturated heterocycles. The molecule has 3 N–H and O–H groups in total. The lowest BCUT2D eigenvalue weighted by atomic mass is 10.2. The zero-order valence-corrected chi connectivity index (χ0v) is 12.5. The Balaban J connectivity index is 2.20. The van der Waals surface area contributed by atoms with Crippen LogP contribution in [0.25, 0.3) is 0 Å². The Hall–Kier alpha value is -1.76. The Bertz CT molecular complexity index is 728. The predicted molar refractivity (Wildman–Crippen MR) is 79.5 cm³/mol. The van der Waals surface area contributed by atoms with Crippen molar-refractivity contribution in [3.8, 4) is 0 Å². The Kier molecular flexibility index (Phi) is 4.72. The number of benzene rings is 2. The van der Waals surface area contributed by atoms with E-state index in [0.29, 0.717) is 5.56 Å². The number of hydrogen-bond acceptors (Lipinski definition) is 3. The fraction of sp³-hybridized carbons (Fsp3) is 0.200. The number of nitrogens with one attached hydrogen (secondary N) is 1.